The van der Waals surface area contributed by atoms with E-state index in [0.29, 0.717) is 0 Å². The number of hydrogen-bond acceptors (Lipinski definition) is 2. The van der Waals surface area contributed by atoms with Crippen molar-refractivity contribution in [1.82, 2.24) is 0 Å². The van der Waals surface area contributed by atoms with Crippen LogP contribution in [0.4, 0.5) is 4.79 Å². The highest BCUT2D eigenvalue weighted by Crippen LogP contribution is 2.54. The zero-order chi connectivity index (χ0) is 14.5. The number of rotatable bonds is 1. The number of nitrogens with two attached hydrogens (primary N) is 1. The highest BCUT2D eigenvalue weighted by Gasteiger charge is 2.43. The molecule has 3 heteroatoms. The van der Waals surface area contributed by atoms with E-state index >= 15 is 0 Å². The monoisotopic (exact) mass is 269 g/mol. The van der Waals surface area contributed by atoms with E-state index in [0.717, 1.165) is 5.56 Å². The Labute approximate surface area is 118 Å². The first kappa shape index (κ1) is 13.0. The summed E-state index contributed by atoms with van der Waals surface area (Å²) in [5.41, 5.74) is 7.57. The molecule has 0 bridgehead atoms. The molecule has 1 aliphatic carbocycles. The lowest BCUT2D eigenvalue weighted by molar-refractivity contribution is 0.0637. The van der Waals surface area contributed by atoms with Gasteiger partial charge in [-0.3, -0.25) is 0 Å². The molecule has 20 heavy (non-hydrogen) atoms. The van der Waals surface area contributed by atoms with Gasteiger partial charge in [0.1, 0.15) is 6.10 Å². The minimum Gasteiger partial charge on any atom is -0.441 e. The maximum atomic E-state index is 11.3. The van der Waals surface area contributed by atoms with Crippen molar-refractivity contribution in [3.63, 3.8) is 0 Å². The number of benzene rings is 2. The first-order chi connectivity index (χ1) is 9.39. The second kappa shape index (κ2) is 4.23. The summed E-state index contributed by atoms with van der Waals surface area (Å²) in [4.78, 5) is 11.3. The van der Waals surface area contributed by atoms with Gasteiger partial charge in [0.05, 0.1) is 0 Å². The van der Waals surface area contributed by atoms with E-state index in [1.165, 1.54) is 16.3 Å². The maximum absolute atomic E-state index is 11.3. The maximum Gasteiger partial charge on any atom is 0.405 e. The van der Waals surface area contributed by atoms with Crippen LogP contribution >= 0.6 is 0 Å². The predicted molar refractivity (Wildman–Crippen MR) is 79.6 cm³/mol. The van der Waals surface area contributed by atoms with Crippen LogP contribution in [-0.4, -0.2) is 6.09 Å². The lowest BCUT2D eigenvalue weighted by Crippen LogP contribution is -2.27. The van der Waals surface area contributed by atoms with Gasteiger partial charge < -0.3 is 10.5 Å². The van der Waals surface area contributed by atoms with Gasteiger partial charge in [-0.05, 0) is 21.8 Å². The van der Waals surface area contributed by atoms with Crippen molar-refractivity contribution < 1.29 is 9.53 Å². The summed E-state index contributed by atoms with van der Waals surface area (Å²) in [5, 5.41) is 2.39. The number of hydrogen-bond donors (Lipinski definition) is 1. The molecule has 1 amide bonds. The standard InChI is InChI=1S/C17H19NO2/c1-17(2,3)14-11-8-4-6-10-7-5-9-12(13(10)11)15(14)20-16(18)19/h4-9,14-15H,1-3H3,(H2,18,19). The van der Waals surface area contributed by atoms with Crippen molar-refractivity contribution in [1.29, 1.82) is 0 Å². The molecule has 3 nitrogen and oxygen atoms in total. The molecule has 0 fully saturated rings. The summed E-state index contributed by atoms with van der Waals surface area (Å²) in [6, 6.07) is 12.4. The average molecular weight is 269 g/mol. The molecular formula is C17H19NO2. The van der Waals surface area contributed by atoms with Gasteiger partial charge in [-0.25, -0.2) is 4.79 Å². The smallest absolute Gasteiger partial charge is 0.405 e. The Hall–Kier alpha value is -2.03. The Morgan fingerprint density at radius 3 is 2.25 bits per heavy atom. The van der Waals surface area contributed by atoms with Crippen LogP contribution in [0, 0.1) is 5.41 Å². The molecule has 0 saturated carbocycles. The van der Waals surface area contributed by atoms with Crippen molar-refractivity contribution >= 4 is 16.9 Å². The largest absolute Gasteiger partial charge is 0.441 e. The molecule has 0 saturated heterocycles. The SMILES string of the molecule is CC(C)(C)C1c2cccc3cccc(c23)C1OC(N)=O. The van der Waals surface area contributed by atoms with Crippen molar-refractivity contribution in [3.05, 3.63) is 47.5 Å². The normalized spacial score (nSPS) is 21.1. The van der Waals surface area contributed by atoms with Crippen LogP contribution in [0.5, 0.6) is 0 Å². The first-order valence-electron chi connectivity index (χ1n) is 6.87. The number of carbonyl (C=O) groups excluding carboxylic acids is 1. The minimum absolute atomic E-state index is 0.0204. The zero-order valence-corrected chi connectivity index (χ0v) is 12.0. The molecule has 2 aromatic rings. The Kier molecular flexibility index (Phi) is 2.75. The third kappa shape index (κ3) is 1.85. The lowest BCUT2D eigenvalue weighted by atomic mass is 9.75. The third-order valence-electron chi connectivity index (χ3n) is 4.09. The quantitative estimate of drug-likeness (QED) is 0.846. The fourth-order valence-corrected chi connectivity index (χ4v) is 3.42. The van der Waals surface area contributed by atoms with Crippen LogP contribution in [0.3, 0.4) is 0 Å². The Balaban J connectivity index is 2.26. The van der Waals surface area contributed by atoms with Crippen LogP contribution in [0.25, 0.3) is 10.8 Å². The molecule has 2 N–H and O–H groups in total. The second-order valence-electron chi connectivity index (χ2n) is 6.49. The molecule has 2 unspecified atom stereocenters. The van der Waals surface area contributed by atoms with Gasteiger partial charge >= 0.3 is 6.09 Å². The molecule has 0 radical (unpaired) electrons. The van der Waals surface area contributed by atoms with E-state index in [1.54, 1.807) is 0 Å². The van der Waals surface area contributed by atoms with Crippen LogP contribution in [0.15, 0.2) is 36.4 Å². The van der Waals surface area contributed by atoms with E-state index in [-0.39, 0.29) is 17.4 Å². The van der Waals surface area contributed by atoms with Crippen molar-refractivity contribution in [2.24, 2.45) is 11.1 Å². The summed E-state index contributed by atoms with van der Waals surface area (Å²) < 4.78 is 5.46. The molecule has 3 rings (SSSR count). The molecule has 0 heterocycles. The van der Waals surface area contributed by atoms with Crippen LogP contribution in [0.2, 0.25) is 0 Å². The predicted octanol–water partition coefficient (Wildman–Crippen LogP) is 4.12. The fourth-order valence-electron chi connectivity index (χ4n) is 3.42. The molecule has 2 atom stereocenters. The molecular weight excluding hydrogens is 250 g/mol. The fraction of sp³-hybridized carbons (Fsp3) is 0.353. The van der Waals surface area contributed by atoms with Gasteiger partial charge in [-0.15, -0.1) is 0 Å². The van der Waals surface area contributed by atoms with Gasteiger partial charge in [-0.1, -0.05) is 57.2 Å². The Morgan fingerprint density at radius 2 is 1.70 bits per heavy atom. The number of primary amides is 1. The van der Waals surface area contributed by atoms with Gasteiger partial charge in [-0.2, -0.15) is 0 Å². The third-order valence-corrected chi connectivity index (χ3v) is 4.09. The van der Waals surface area contributed by atoms with Crippen molar-refractivity contribution in [3.8, 4) is 0 Å². The van der Waals surface area contributed by atoms with Crippen LogP contribution in [0.1, 0.15) is 43.9 Å². The van der Waals surface area contributed by atoms with Crippen LogP contribution in [-0.2, 0) is 4.74 Å². The summed E-state index contributed by atoms with van der Waals surface area (Å²) in [6.45, 7) is 6.50. The van der Waals surface area contributed by atoms with Gasteiger partial charge in [0, 0.05) is 11.5 Å². The van der Waals surface area contributed by atoms with E-state index in [9.17, 15) is 4.79 Å². The molecule has 1 aliphatic rings. The number of carbonyl (C=O) groups is 1. The molecule has 0 spiro atoms. The van der Waals surface area contributed by atoms with Crippen molar-refractivity contribution in [2.45, 2.75) is 32.8 Å². The zero-order valence-electron chi connectivity index (χ0n) is 12.0. The summed E-state index contributed by atoms with van der Waals surface area (Å²) >= 11 is 0. The van der Waals surface area contributed by atoms with Gasteiger partial charge in [0.15, 0.2) is 0 Å². The first-order valence-corrected chi connectivity index (χ1v) is 6.87. The molecule has 2 aromatic carbocycles. The number of ether oxygens (including phenoxy) is 1. The van der Waals surface area contributed by atoms with E-state index in [4.69, 9.17) is 10.5 Å². The summed E-state index contributed by atoms with van der Waals surface area (Å²) in [6.07, 6.45) is -1.01. The minimum atomic E-state index is -0.714. The van der Waals surface area contributed by atoms with E-state index < -0.39 is 6.09 Å². The average Bonchev–Trinajstić information content (AvgIpc) is 2.65. The van der Waals surface area contributed by atoms with Gasteiger partial charge in [0.25, 0.3) is 0 Å². The van der Waals surface area contributed by atoms with E-state index in [2.05, 4.69) is 45.0 Å². The molecule has 0 aliphatic heterocycles. The topological polar surface area (TPSA) is 52.3 Å². The second-order valence-corrected chi connectivity index (χ2v) is 6.49. The summed E-state index contributed by atoms with van der Waals surface area (Å²) in [7, 11) is 0. The molecule has 104 valence electrons. The highest BCUT2D eigenvalue weighted by molar-refractivity contribution is 5.92. The molecule has 0 aromatic heterocycles. The summed E-state index contributed by atoms with van der Waals surface area (Å²) in [5.74, 6) is 0.121. The number of amides is 1. The van der Waals surface area contributed by atoms with Crippen LogP contribution < -0.4 is 5.73 Å². The Morgan fingerprint density at radius 1 is 1.10 bits per heavy atom. The van der Waals surface area contributed by atoms with E-state index in [1.807, 2.05) is 12.1 Å². The van der Waals surface area contributed by atoms with Gasteiger partial charge in [0.2, 0.25) is 0 Å². The highest BCUT2D eigenvalue weighted by atomic mass is 16.6. The Bertz CT molecular complexity index is 680. The van der Waals surface area contributed by atoms with Crippen molar-refractivity contribution in [2.75, 3.05) is 0 Å². The lowest BCUT2D eigenvalue weighted by Gasteiger charge is -2.32.